The molecule has 27 heavy (non-hydrogen) atoms. The van der Waals surface area contributed by atoms with Crippen molar-refractivity contribution in [2.24, 2.45) is 0 Å². The van der Waals surface area contributed by atoms with Crippen molar-refractivity contribution in [3.05, 3.63) is 52.0 Å². The lowest BCUT2D eigenvalue weighted by Crippen LogP contribution is -2.34. The van der Waals surface area contributed by atoms with Crippen molar-refractivity contribution in [3.8, 4) is 5.75 Å². The Kier molecular flexibility index (Phi) is 6.99. The lowest BCUT2D eigenvalue weighted by atomic mass is 10.3. The molecule has 0 aromatic heterocycles. The number of carbonyl (C=O) groups is 2. The van der Waals surface area contributed by atoms with Crippen molar-refractivity contribution in [3.63, 3.8) is 0 Å². The van der Waals surface area contributed by atoms with Crippen molar-refractivity contribution in [1.82, 2.24) is 4.31 Å². The molecule has 7 nitrogen and oxygen atoms in total. The number of anilines is 1. The number of nitrogens with zero attached hydrogens (tertiary/aromatic N) is 1. The number of benzene rings is 2. The topological polar surface area (TPSA) is 92.8 Å². The average molecular weight is 476 g/mol. The number of amides is 1. The van der Waals surface area contributed by atoms with Gasteiger partial charge in [0.2, 0.25) is 15.9 Å². The van der Waals surface area contributed by atoms with E-state index in [4.69, 9.17) is 16.3 Å². The zero-order chi connectivity index (χ0) is 20.2. The zero-order valence-corrected chi connectivity index (χ0v) is 17.6. The van der Waals surface area contributed by atoms with Crippen LogP contribution in [0.5, 0.6) is 5.75 Å². The number of hydrogen-bond acceptors (Lipinski definition) is 5. The van der Waals surface area contributed by atoms with Gasteiger partial charge >= 0.3 is 5.97 Å². The minimum atomic E-state index is -3.91. The lowest BCUT2D eigenvalue weighted by Gasteiger charge is -2.17. The third-order valence-corrected chi connectivity index (χ3v) is 5.96. The molecule has 0 aliphatic heterocycles. The predicted octanol–water partition coefficient (Wildman–Crippen LogP) is 3.29. The summed E-state index contributed by atoms with van der Waals surface area (Å²) >= 11 is 9.21. The van der Waals surface area contributed by atoms with Crippen LogP contribution in [0.2, 0.25) is 5.02 Å². The molecule has 0 spiro atoms. The average Bonchev–Trinajstić information content (AvgIpc) is 2.57. The molecular formula is C17H16BrClN2O5S. The minimum absolute atomic E-state index is 0.0198. The molecule has 0 saturated heterocycles. The van der Waals surface area contributed by atoms with Gasteiger partial charge in [-0.2, -0.15) is 4.31 Å². The second-order valence-corrected chi connectivity index (χ2v) is 8.88. The van der Waals surface area contributed by atoms with Gasteiger partial charge in [-0.25, -0.2) is 8.42 Å². The van der Waals surface area contributed by atoms with Gasteiger partial charge in [0.1, 0.15) is 12.3 Å². The Hall–Kier alpha value is -1.94. The summed E-state index contributed by atoms with van der Waals surface area (Å²) < 4.78 is 31.8. The summed E-state index contributed by atoms with van der Waals surface area (Å²) in [5, 5.41) is 2.76. The van der Waals surface area contributed by atoms with E-state index in [9.17, 15) is 18.0 Å². The van der Waals surface area contributed by atoms with Gasteiger partial charge in [-0.1, -0.05) is 27.5 Å². The lowest BCUT2D eigenvalue weighted by molar-refractivity contribution is -0.134. The van der Waals surface area contributed by atoms with Crippen molar-refractivity contribution < 1.29 is 22.7 Å². The quantitative estimate of drug-likeness (QED) is 0.511. The Labute approximate surface area is 170 Å². The Morgan fingerprint density at radius 1 is 1.19 bits per heavy atom. The van der Waals surface area contributed by atoms with Crippen LogP contribution >= 0.6 is 27.5 Å². The molecule has 1 amide bonds. The number of nitrogens with one attached hydrogen (secondary N) is 1. The summed E-state index contributed by atoms with van der Waals surface area (Å²) in [5.74, 6) is -0.910. The highest BCUT2D eigenvalue weighted by Crippen LogP contribution is 2.28. The molecule has 0 heterocycles. The van der Waals surface area contributed by atoms with Crippen LogP contribution in [0.1, 0.15) is 6.92 Å². The second-order valence-electron chi connectivity index (χ2n) is 5.52. The number of carbonyl (C=O) groups excluding carboxylic acids is 2. The summed E-state index contributed by atoms with van der Waals surface area (Å²) in [7, 11) is -2.64. The summed E-state index contributed by atoms with van der Waals surface area (Å²) in [4.78, 5) is 23.1. The summed E-state index contributed by atoms with van der Waals surface area (Å²) in [6, 6.07) is 10.3. The first-order chi connectivity index (χ1) is 12.6. The second kappa shape index (κ2) is 8.83. The van der Waals surface area contributed by atoms with Crippen molar-refractivity contribution in [2.45, 2.75) is 11.8 Å². The number of hydrogen-bond donors (Lipinski definition) is 1. The van der Waals surface area contributed by atoms with Crippen molar-refractivity contribution >= 4 is 55.1 Å². The van der Waals surface area contributed by atoms with Gasteiger partial charge in [-0.3, -0.25) is 9.59 Å². The number of esters is 1. The molecular weight excluding hydrogens is 460 g/mol. The molecule has 0 saturated carbocycles. The molecule has 0 fully saturated rings. The van der Waals surface area contributed by atoms with E-state index in [0.29, 0.717) is 5.69 Å². The van der Waals surface area contributed by atoms with E-state index < -0.39 is 22.5 Å². The number of halogens is 2. The fraction of sp³-hybridized carbons (Fsp3) is 0.176. The maximum Gasteiger partial charge on any atom is 0.326 e. The maximum absolute atomic E-state index is 12.6. The van der Waals surface area contributed by atoms with E-state index in [1.165, 1.54) is 44.3 Å². The van der Waals surface area contributed by atoms with E-state index >= 15 is 0 Å². The number of ether oxygens (including phenoxy) is 1. The van der Waals surface area contributed by atoms with Crippen molar-refractivity contribution in [1.29, 1.82) is 0 Å². The smallest absolute Gasteiger partial charge is 0.326 e. The molecule has 0 unspecified atom stereocenters. The van der Waals surface area contributed by atoms with Crippen molar-refractivity contribution in [2.75, 3.05) is 18.9 Å². The largest absolute Gasteiger partial charge is 0.424 e. The molecule has 10 heteroatoms. The van der Waals surface area contributed by atoms with Crippen LogP contribution in [-0.2, 0) is 19.6 Å². The van der Waals surface area contributed by atoms with Gasteiger partial charge in [-0.15, -0.1) is 0 Å². The molecule has 2 rings (SSSR count). The van der Waals surface area contributed by atoms with Crippen LogP contribution in [0.25, 0.3) is 0 Å². The first-order valence-corrected chi connectivity index (χ1v) is 10.2. The molecule has 1 N–H and O–H groups in total. The van der Waals surface area contributed by atoms with Crippen LogP contribution in [0.15, 0.2) is 51.8 Å². The molecule has 0 atom stereocenters. The van der Waals surface area contributed by atoms with E-state index in [0.717, 1.165) is 8.78 Å². The molecule has 0 aliphatic carbocycles. The molecule has 144 valence electrons. The third-order valence-electron chi connectivity index (χ3n) is 3.35. The number of rotatable bonds is 6. The van der Waals surface area contributed by atoms with Gasteiger partial charge in [-0.05, 0) is 42.5 Å². The normalized spacial score (nSPS) is 11.3. The van der Waals surface area contributed by atoms with Crippen LogP contribution in [0, 0.1) is 0 Å². The van der Waals surface area contributed by atoms with Gasteiger partial charge in [0.15, 0.2) is 0 Å². The Morgan fingerprint density at radius 3 is 2.37 bits per heavy atom. The minimum Gasteiger partial charge on any atom is -0.424 e. The first kappa shape index (κ1) is 21.4. The highest BCUT2D eigenvalue weighted by Gasteiger charge is 2.24. The predicted molar refractivity (Wildman–Crippen MR) is 105 cm³/mol. The summed E-state index contributed by atoms with van der Waals surface area (Å²) in [6.07, 6.45) is 0. The van der Waals surface area contributed by atoms with E-state index in [1.807, 2.05) is 0 Å². The van der Waals surface area contributed by atoms with E-state index in [-0.39, 0.29) is 21.6 Å². The standard InChI is InChI=1S/C17H16BrClN2O5S/c1-11(22)20-13-4-6-14(7-5-13)27(24,25)21(2)10-17(23)26-16-8-3-12(18)9-15(16)19/h3-9H,10H2,1-2H3,(H,20,22). The van der Waals surface area contributed by atoms with Gasteiger partial charge in [0.05, 0.1) is 9.92 Å². The molecule has 0 radical (unpaired) electrons. The highest BCUT2D eigenvalue weighted by molar-refractivity contribution is 9.10. The van der Waals surface area contributed by atoms with Gasteiger partial charge in [0, 0.05) is 24.1 Å². The summed E-state index contributed by atoms with van der Waals surface area (Å²) in [6.45, 7) is 0.851. The molecule has 2 aromatic carbocycles. The van der Waals surface area contributed by atoms with Crippen LogP contribution in [0.4, 0.5) is 5.69 Å². The van der Waals surface area contributed by atoms with Crippen LogP contribution in [0.3, 0.4) is 0 Å². The first-order valence-electron chi connectivity index (χ1n) is 7.59. The van der Waals surface area contributed by atoms with Crippen LogP contribution < -0.4 is 10.1 Å². The number of likely N-dealkylation sites (N-methyl/N-ethyl adjacent to an activating group) is 1. The number of sulfonamides is 1. The SMILES string of the molecule is CC(=O)Nc1ccc(S(=O)(=O)N(C)CC(=O)Oc2ccc(Br)cc2Cl)cc1. The monoisotopic (exact) mass is 474 g/mol. The van der Waals surface area contributed by atoms with Gasteiger partial charge in [0.25, 0.3) is 0 Å². The molecule has 0 bridgehead atoms. The Morgan fingerprint density at radius 2 is 1.81 bits per heavy atom. The highest BCUT2D eigenvalue weighted by atomic mass is 79.9. The van der Waals surface area contributed by atoms with Crippen LogP contribution in [-0.4, -0.2) is 38.2 Å². The van der Waals surface area contributed by atoms with Gasteiger partial charge < -0.3 is 10.1 Å². The Bertz CT molecular complexity index is 964. The van der Waals surface area contributed by atoms with E-state index in [2.05, 4.69) is 21.2 Å². The fourth-order valence-electron chi connectivity index (χ4n) is 2.07. The third kappa shape index (κ3) is 5.77. The molecule has 2 aromatic rings. The summed E-state index contributed by atoms with van der Waals surface area (Å²) in [5.41, 5.74) is 0.466. The molecule has 0 aliphatic rings. The Balaban J connectivity index is 2.07. The maximum atomic E-state index is 12.6. The zero-order valence-electron chi connectivity index (χ0n) is 14.4. The fourth-order valence-corrected chi connectivity index (χ4v) is 3.90. The van der Waals surface area contributed by atoms with E-state index in [1.54, 1.807) is 12.1 Å².